The fourth-order valence-electron chi connectivity index (χ4n) is 7.56. The van der Waals surface area contributed by atoms with Gasteiger partial charge in [-0.1, -0.05) is 188 Å². The van der Waals surface area contributed by atoms with Gasteiger partial charge in [0, 0.05) is 0 Å². The van der Waals surface area contributed by atoms with Gasteiger partial charge >= 0.3 is 0 Å². The van der Waals surface area contributed by atoms with Gasteiger partial charge in [0.2, 0.25) is 0 Å². The molecular formula is C52H34. The van der Waals surface area contributed by atoms with E-state index in [4.69, 9.17) is 2.74 Å². The molecule has 0 nitrogen and oxygen atoms in total. The summed E-state index contributed by atoms with van der Waals surface area (Å²) in [6.45, 7) is 0. The van der Waals surface area contributed by atoms with Crippen LogP contribution in [-0.4, -0.2) is 0 Å². The zero-order valence-corrected chi connectivity index (χ0v) is 28.1. The number of fused-ring (bicyclic) bond motifs is 4. The molecule has 0 unspecified atom stereocenters. The van der Waals surface area contributed by atoms with E-state index in [1.165, 1.54) is 0 Å². The van der Waals surface area contributed by atoms with Gasteiger partial charge in [0.25, 0.3) is 0 Å². The molecule has 0 aliphatic carbocycles. The molecule has 0 heteroatoms. The van der Waals surface area contributed by atoms with Crippen molar-refractivity contribution in [3.05, 3.63) is 206 Å². The second-order valence-corrected chi connectivity index (χ2v) is 13.1. The lowest BCUT2D eigenvalue weighted by atomic mass is 9.83. The monoisotopic (exact) mass is 665 g/mol. The van der Waals surface area contributed by atoms with E-state index in [2.05, 4.69) is 36.4 Å². The van der Waals surface area contributed by atoms with Crippen molar-refractivity contribution in [1.29, 1.82) is 0 Å². The number of hydrogen-bond acceptors (Lipinski definition) is 0. The highest BCUT2D eigenvalue weighted by molar-refractivity contribution is 6.22. The number of benzene rings is 10. The standard InChI is InChI=1S/C52H34/c1-2-12-35(13-3-1)37-24-26-38(27-25-37)41-18-10-19-43(32-41)52-48-22-9-8-21-47(48)51(44-29-28-36-14-4-5-16-40(36)33-44)49-31-30-42(34-50(49)52)46-23-11-17-39-15-6-7-20-45(39)46/h1-34H/i8D,9D,21D,22D,30D,31D,34D. The number of hydrogen-bond donors (Lipinski definition) is 0. The van der Waals surface area contributed by atoms with Crippen molar-refractivity contribution in [1.82, 2.24) is 0 Å². The minimum absolute atomic E-state index is 0.0151. The Morgan fingerprint density at radius 1 is 0.288 bits per heavy atom. The maximum Gasteiger partial charge on any atom is 0.0636 e. The Bertz CT molecular complexity index is 3330. The molecule has 10 aromatic rings. The summed E-state index contributed by atoms with van der Waals surface area (Å²) in [6.07, 6.45) is 0. The Morgan fingerprint density at radius 3 is 1.63 bits per heavy atom. The Kier molecular flexibility index (Phi) is 5.69. The molecule has 0 aliphatic heterocycles. The quantitative estimate of drug-likeness (QED) is 0.161. The Hall–Kier alpha value is -6.76. The average Bonchev–Trinajstić information content (AvgIpc) is 3.28. The summed E-state index contributed by atoms with van der Waals surface area (Å²) in [6, 6.07) is 52.1. The summed E-state index contributed by atoms with van der Waals surface area (Å²) >= 11 is 0. The molecule has 0 radical (unpaired) electrons. The smallest absolute Gasteiger partial charge is 0.0622 e. The van der Waals surface area contributed by atoms with Crippen molar-refractivity contribution >= 4 is 43.1 Å². The zero-order valence-electron chi connectivity index (χ0n) is 35.1. The first-order valence-corrected chi connectivity index (χ1v) is 17.4. The van der Waals surface area contributed by atoms with Gasteiger partial charge in [-0.15, -0.1) is 0 Å². The Balaban J connectivity index is 1.37. The van der Waals surface area contributed by atoms with E-state index in [1.807, 2.05) is 127 Å². The van der Waals surface area contributed by atoms with Gasteiger partial charge in [-0.05, 0) is 117 Å². The highest BCUT2D eigenvalue weighted by Crippen LogP contribution is 2.46. The van der Waals surface area contributed by atoms with Crippen LogP contribution in [0, 0.1) is 0 Å². The van der Waals surface area contributed by atoms with Gasteiger partial charge in [0.1, 0.15) is 0 Å². The molecule has 0 saturated carbocycles. The van der Waals surface area contributed by atoms with Crippen LogP contribution in [0.2, 0.25) is 0 Å². The summed E-state index contributed by atoms with van der Waals surface area (Å²) in [5, 5.41) is 4.84. The molecule has 0 aromatic heterocycles. The van der Waals surface area contributed by atoms with Crippen LogP contribution in [0.15, 0.2) is 206 Å². The van der Waals surface area contributed by atoms with Gasteiger partial charge in [0.15, 0.2) is 0 Å². The molecule has 10 aromatic carbocycles. The second kappa shape index (κ2) is 12.5. The first-order valence-electron chi connectivity index (χ1n) is 20.9. The molecule has 0 aliphatic rings. The van der Waals surface area contributed by atoms with Gasteiger partial charge in [-0.25, -0.2) is 0 Å². The SMILES string of the molecule is [2H]c1c([2H])c([2H])c2c(-c3cccc(-c4ccc(-c5ccccc5)cc4)c3)c3c([2H])c(-c4cccc5ccccc45)c([2H])c([2H])c3c(-c3ccc4ccccc4c3)c2c1[2H]. The van der Waals surface area contributed by atoms with Crippen molar-refractivity contribution < 1.29 is 9.60 Å². The van der Waals surface area contributed by atoms with Crippen LogP contribution in [0.25, 0.3) is 98.7 Å². The lowest BCUT2D eigenvalue weighted by Crippen LogP contribution is -1.92. The van der Waals surface area contributed by atoms with E-state index in [9.17, 15) is 6.85 Å². The van der Waals surface area contributed by atoms with E-state index in [1.54, 1.807) is 0 Å². The van der Waals surface area contributed by atoms with Crippen LogP contribution in [0.1, 0.15) is 9.60 Å². The molecule has 52 heavy (non-hydrogen) atoms. The van der Waals surface area contributed by atoms with E-state index in [0.29, 0.717) is 38.6 Å². The van der Waals surface area contributed by atoms with E-state index in [-0.39, 0.29) is 52.6 Å². The molecule has 0 saturated heterocycles. The molecule has 0 heterocycles. The van der Waals surface area contributed by atoms with Crippen LogP contribution in [-0.2, 0) is 0 Å². The first-order chi connectivity index (χ1) is 28.7. The van der Waals surface area contributed by atoms with Crippen molar-refractivity contribution in [2.75, 3.05) is 0 Å². The van der Waals surface area contributed by atoms with Crippen LogP contribution in [0.4, 0.5) is 0 Å². The third kappa shape index (κ3) is 5.16. The molecule has 0 bridgehead atoms. The topological polar surface area (TPSA) is 0 Å². The second-order valence-electron chi connectivity index (χ2n) is 13.1. The Labute approximate surface area is 313 Å². The fourth-order valence-corrected chi connectivity index (χ4v) is 7.56. The summed E-state index contributed by atoms with van der Waals surface area (Å²) in [5.41, 5.74) is 7.05. The van der Waals surface area contributed by atoms with Crippen molar-refractivity contribution in [2.24, 2.45) is 0 Å². The molecule has 0 spiro atoms. The highest BCUT2D eigenvalue weighted by Gasteiger charge is 2.19. The zero-order chi connectivity index (χ0) is 40.5. The molecule has 0 N–H and O–H groups in total. The molecule has 0 atom stereocenters. The van der Waals surface area contributed by atoms with Gasteiger partial charge in [-0.2, -0.15) is 0 Å². The van der Waals surface area contributed by atoms with Crippen molar-refractivity contribution in [2.45, 2.75) is 0 Å². The molecule has 242 valence electrons. The van der Waals surface area contributed by atoms with E-state index < -0.39 is 6.04 Å². The molecular weight excluding hydrogens is 625 g/mol. The van der Waals surface area contributed by atoms with Crippen LogP contribution in [0.3, 0.4) is 0 Å². The molecule has 0 amide bonds. The first kappa shape index (κ1) is 23.6. The third-order valence-corrected chi connectivity index (χ3v) is 10.1. The maximum atomic E-state index is 10.2. The van der Waals surface area contributed by atoms with Crippen LogP contribution < -0.4 is 0 Å². The minimum atomic E-state index is -0.391. The largest absolute Gasteiger partial charge is 0.0636 e. The lowest BCUT2D eigenvalue weighted by Gasteiger charge is -2.20. The number of rotatable bonds is 5. The van der Waals surface area contributed by atoms with Gasteiger partial charge in [-0.3, -0.25) is 0 Å². The summed E-state index contributed by atoms with van der Waals surface area (Å²) < 4.78 is 66.7. The predicted octanol–water partition coefficient (Wildman–Crippen LogP) is 14.6. The van der Waals surface area contributed by atoms with Crippen LogP contribution >= 0.6 is 0 Å². The third-order valence-electron chi connectivity index (χ3n) is 10.1. The van der Waals surface area contributed by atoms with Gasteiger partial charge in [0.05, 0.1) is 9.60 Å². The Morgan fingerprint density at radius 2 is 0.827 bits per heavy atom. The fraction of sp³-hybridized carbons (Fsp3) is 0. The van der Waals surface area contributed by atoms with Gasteiger partial charge < -0.3 is 0 Å². The lowest BCUT2D eigenvalue weighted by molar-refractivity contribution is 1.58. The highest BCUT2D eigenvalue weighted by atomic mass is 14.2. The minimum Gasteiger partial charge on any atom is -0.0622 e. The van der Waals surface area contributed by atoms with Crippen molar-refractivity contribution in [3.8, 4) is 55.6 Å². The summed E-state index contributed by atoms with van der Waals surface area (Å²) in [5.74, 6) is 0. The van der Waals surface area contributed by atoms with Crippen molar-refractivity contribution in [3.63, 3.8) is 0 Å². The summed E-state index contributed by atoms with van der Waals surface area (Å²) in [7, 11) is 0. The predicted molar refractivity (Wildman–Crippen MR) is 224 cm³/mol. The van der Waals surface area contributed by atoms with Crippen LogP contribution in [0.5, 0.6) is 0 Å². The van der Waals surface area contributed by atoms with E-state index in [0.717, 1.165) is 43.8 Å². The molecule has 10 rings (SSSR count). The maximum absolute atomic E-state index is 10.2. The summed E-state index contributed by atoms with van der Waals surface area (Å²) in [4.78, 5) is 0. The molecule has 0 fully saturated rings. The normalized spacial score (nSPS) is 13.3. The average molecular weight is 666 g/mol. The van der Waals surface area contributed by atoms with E-state index >= 15 is 0 Å².